The minimum atomic E-state index is -0.185. The van der Waals surface area contributed by atoms with E-state index in [9.17, 15) is 5.11 Å². The molecule has 0 atom stereocenters. The van der Waals surface area contributed by atoms with Gasteiger partial charge < -0.3 is 15.2 Å². The molecule has 0 aliphatic heterocycles. The maximum atomic E-state index is 9.70. The second-order valence-corrected chi connectivity index (χ2v) is 7.74. The second kappa shape index (κ2) is 8.69. The summed E-state index contributed by atoms with van der Waals surface area (Å²) in [6, 6.07) is 13.8. The number of nitrogens with one attached hydrogen (secondary N) is 1. The van der Waals surface area contributed by atoms with Crippen molar-refractivity contribution in [3.8, 4) is 11.6 Å². The number of hydrogen-bond donors (Lipinski definition) is 2. The van der Waals surface area contributed by atoms with Gasteiger partial charge in [0.2, 0.25) is 5.95 Å². The van der Waals surface area contributed by atoms with Crippen LogP contribution >= 0.6 is 0 Å². The van der Waals surface area contributed by atoms with E-state index < -0.39 is 0 Å². The normalized spacial score (nSPS) is 18.7. The van der Waals surface area contributed by atoms with E-state index in [-0.39, 0.29) is 12.1 Å². The Morgan fingerprint density at radius 1 is 1.00 bits per heavy atom. The van der Waals surface area contributed by atoms with Gasteiger partial charge in [0.25, 0.3) is 0 Å². The van der Waals surface area contributed by atoms with Crippen LogP contribution in [0.1, 0.15) is 31.4 Å². The summed E-state index contributed by atoms with van der Waals surface area (Å²) in [5.74, 6) is 2.01. The van der Waals surface area contributed by atoms with Crippen molar-refractivity contribution in [1.82, 2.24) is 24.7 Å². The van der Waals surface area contributed by atoms with Crippen LogP contribution in [0.5, 0.6) is 5.75 Å². The fraction of sp³-hybridized carbons (Fsp3) is 0.304. The topological polar surface area (TPSA) is 98.0 Å². The molecule has 0 saturated heterocycles. The summed E-state index contributed by atoms with van der Waals surface area (Å²) in [5.41, 5.74) is 1.78. The number of hydrogen-bond acceptors (Lipinski definition) is 7. The van der Waals surface area contributed by atoms with Gasteiger partial charge in [-0.25, -0.2) is 9.67 Å². The molecule has 8 heteroatoms. The highest BCUT2D eigenvalue weighted by atomic mass is 16.5. The predicted octanol–water partition coefficient (Wildman–Crippen LogP) is 3.50. The van der Waals surface area contributed by atoms with Gasteiger partial charge in [0.1, 0.15) is 12.4 Å². The molecule has 3 heterocycles. The van der Waals surface area contributed by atoms with Crippen LogP contribution in [0.15, 0.2) is 61.1 Å². The molecule has 0 spiro atoms. The van der Waals surface area contributed by atoms with E-state index >= 15 is 0 Å². The molecule has 8 nitrogen and oxygen atoms in total. The Labute approximate surface area is 179 Å². The standard InChI is InChI=1S/C23H24N6O2/c30-18-9-7-16(8-10-18)27-23-25-13-11-22(28-23)29-20-5-3-6-21(19(20)14-26-29)31-15-17-4-1-2-12-24-17/h1-6,11-14,16,18,30H,7-10,15H2,(H,25,27,28). The Kier molecular flexibility index (Phi) is 5.45. The highest BCUT2D eigenvalue weighted by molar-refractivity contribution is 5.86. The molecule has 5 rings (SSSR count). The molecule has 1 aliphatic carbocycles. The summed E-state index contributed by atoms with van der Waals surface area (Å²) in [7, 11) is 0. The van der Waals surface area contributed by atoms with E-state index in [2.05, 4.69) is 25.4 Å². The van der Waals surface area contributed by atoms with Crippen LogP contribution in [0, 0.1) is 0 Å². The van der Waals surface area contributed by atoms with Crippen LogP contribution in [0.3, 0.4) is 0 Å². The monoisotopic (exact) mass is 416 g/mol. The van der Waals surface area contributed by atoms with Gasteiger partial charge in [0.15, 0.2) is 5.82 Å². The first kappa shape index (κ1) is 19.4. The molecule has 0 bridgehead atoms. The van der Waals surface area contributed by atoms with E-state index in [4.69, 9.17) is 4.74 Å². The molecular formula is C23H24N6O2. The molecule has 31 heavy (non-hydrogen) atoms. The molecule has 0 amide bonds. The summed E-state index contributed by atoms with van der Waals surface area (Å²) < 4.78 is 7.80. The van der Waals surface area contributed by atoms with Crippen LogP contribution in [0.2, 0.25) is 0 Å². The van der Waals surface area contributed by atoms with Gasteiger partial charge in [-0.15, -0.1) is 0 Å². The largest absolute Gasteiger partial charge is 0.487 e. The number of rotatable bonds is 6. The van der Waals surface area contributed by atoms with Crippen molar-refractivity contribution >= 4 is 16.9 Å². The maximum absolute atomic E-state index is 9.70. The van der Waals surface area contributed by atoms with Gasteiger partial charge in [-0.1, -0.05) is 12.1 Å². The zero-order valence-electron chi connectivity index (χ0n) is 17.1. The number of fused-ring (bicyclic) bond motifs is 1. The lowest BCUT2D eigenvalue weighted by Gasteiger charge is -2.26. The predicted molar refractivity (Wildman–Crippen MR) is 117 cm³/mol. The highest BCUT2D eigenvalue weighted by Gasteiger charge is 2.20. The van der Waals surface area contributed by atoms with E-state index in [0.29, 0.717) is 18.4 Å². The molecule has 1 aliphatic rings. The van der Waals surface area contributed by atoms with Crippen LogP contribution in [0.4, 0.5) is 5.95 Å². The van der Waals surface area contributed by atoms with Gasteiger partial charge in [0.05, 0.1) is 28.9 Å². The van der Waals surface area contributed by atoms with Crippen molar-refractivity contribution < 1.29 is 9.84 Å². The Morgan fingerprint density at radius 3 is 2.74 bits per heavy atom. The lowest BCUT2D eigenvalue weighted by Crippen LogP contribution is -2.29. The Bertz CT molecular complexity index is 1160. The Balaban J connectivity index is 1.37. The van der Waals surface area contributed by atoms with Crippen molar-refractivity contribution in [2.75, 3.05) is 5.32 Å². The number of pyridine rings is 1. The molecule has 2 N–H and O–H groups in total. The first-order valence-corrected chi connectivity index (χ1v) is 10.5. The van der Waals surface area contributed by atoms with Gasteiger partial charge in [-0.05, 0) is 49.9 Å². The highest BCUT2D eigenvalue weighted by Crippen LogP contribution is 2.28. The number of aromatic nitrogens is 5. The van der Waals surface area contributed by atoms with Crippen LogP contribution in [-0.2, 0) is 6.61 Å². The Hall–Kier alpha value is -3.52. The fourth-order valence-corrected chi connectivity index (χ4v) is 3.91. The summed E-state index contributed by atoms with van der Waals surface area (Å²) in [5, 5.41) is 18.6. The zero-order valence-corrected chi connectivity index (χ0v) is 17.1. The van der Waals surface area contributed by atoms with Crippen molar-refractivity contribution in [2.24, 2.45) is 0 Å². The average molecular weight is 416 g/mol. The number of aliphatic hydroxyl groups excluding tert-OH is 1. The van der Waals surface area contributed by atoms with Crippen LogP contribution < -0.4 is 10.1 Å². The minimum absolute atomic E-state index is 0.185. The molecule has 158 valence electrons. The molecule has 1 aromatic carbocycles. The Morgan fingerprint density at radius 2 is 1.90 bits per heavy atom. The number of aliphatic hydroxyl groups is 1. The molecule has 0 unspecified atom stereocenters. The van der Waals surface area contributed by atoms with Crippen molar-refractivity contribution in [2.45, 2.75) is 44.4 Å². The molecule has 1 saturated carbocycles. The SMILES string of the molecule is OC1CCC(Nc2nccc(-n3ncc4c(OCc5ccccn5)cccc43)n2)CC1. The van der Waals surface area contributed by atoms with Crippen molar-refractivity contribution in [3.63, 3.8) is 0 Å². The van der Waals surface area contributed by atoms with E-state index in [0.717, 1.165) is 48.0 Å². The summed E-state index contributed by atoms with van der Waals surface area (Å²) in [4.78, 5) is 13.3. The summed E-state index contributed by atoms with van der Waals surface area (Å²) >= 11 is 0. The number of nitrogens with zero attached hydrogens (tertiary/aromatic N) is 5. The quantitative estimate of drug-likeness (QED) is 0.496. The summed E-state index contributed by atoms with van der Waals surface area (Å²) in [6.07, 6.45) is 8.54. The third-order valence-corrected chi connectivity index (χ3v) is 5.56. The second-order valence-electron chi connectivity index (χ2n) is 7.74. The molecular weight excluding hydrogens is 392 g/mol. The molecule has 3 aromatic heterocycles. The number of benzene rings is 1. The lowest BCUT2D eigenvalue weighted by atomic mass is 9.93. The number of ether oxygens (including phenoxy) is 1. The molecule has 0 radical (unpaired) electrons. The van der Waals surface area contributed by atoms with Crippen LogP contribution in [0.25, 0.3) is 16.7 Å². The van der Waals surface area contributed by atoms with E-state index in [1.54, 1.807) is 23.3 Å². The average Bonchev–Trinajstić information content (AvgIpc) is 3.25. The summed E-state index contributed by atoms with van der Waals surface area (Å²) in [6.45, 7) is 0.392. The third-order valence-electron chi connectivity index (χ3n) is 5.56. The van der Waals surface area contributed by atoms with Crippen molar-refractivity contribution in [3.05, 3.63) is 66.7 Å². The van der Waals surface area contributed by atoms with Gasteiger partial charge in [-0.2, -0.15) is 10.1 Å². The maximum Gasteiger partial charge on any atom is 0.224 e. The lowest BCUT2D eigenvalue weighted by molar-refractivity contribution is 0.126. The smallest absolute Gasteiger partial charge is 0.224 e. The van der Waals surface area contributed by atoms with Gasteiger partial charge >= 0.3 is 0 Å². The minimum Gasteiger partial charge on any atom is -0.487 e. The van der Waals surface area contributed by atoms with Crippen LogP contribution in [-0.4, -0.2) is 42.0 Å². The molecule has 4 aromatic rings. The third kappa shape index (κ3) is 4.34. The van der Waals surface area contributed by atoms with Crippen molar-refractivity contribution in [1.29, 1.82) is 0 Å². The van der Waals surface area contributed by atoms with E-state index in [1.807, 2.05) is 42.5 Å². The first-order chi connectivity index (χ1) is 15.3. The molecule has 1 fully saturated rings. The fourth-order valence-electron chi connectivity index (χ4n) is 3.91. The number of anilines is 1. The van der Waals surface area contributed by atoms with E-state index in [1.165, 1.54) is 0 Å². The first-order valence-electron chi connectivity index (χ1n) is 10.5. The van der Waals surface area contributed by atoms with Gasteiger partial charge in [0, 0.05) is 24.5 Å². The van der Waals surface area contributed by atoms with Gasteiger partial charge in [-0.3, -0.25) is 4.98 Å². The zero-order chi connectivity index (χ0) is 21.0.